The molecule has 0 amide bonds. The first-order valence-electron chi connectivity index (χ1n) is 7.64. The summed E-state index contributed by atoms with van der Waals surface area (Å²) in [5, 5.41) is 0. The molecule has 2 heterocycles. The standard InChI is InChI=1S/C14H28N2O2S/c1-4-19(17,18)16-7-5-14(6-8-16)15-10-12(2)9-13(3)11-15/h12-14H,4-11H2,1-3H3/t12-,13-/m1/s1. The molecule has 2 aliphatic rings. The molecule has 112 valence electrons. The second-order valence-electron chi connectivity index (χ2n) is 6.43. The average molecular weight is 288 g/mol. The van der Waals surface area contributed by atoms with Crippen molar-refractivity contribution in [3.05, 3.63) is 0 Å². The lowest BCUT2D eigenvalue weighted by Crippen LogP contribution is -2.51. The maximum Gasteiger partial charge on any atom is 0.213 e. The van der Waals surface area contributed by atoms with Crippen LogP contribution in [0.2, 0.25) is 0 Å². The molecule has 0 spiro atoms. The molecule has 0 aromatic rings. The zero-order valence-corrected chi connectivity index (χ0v) is 13.3. The molecule has 0 aromatic heterocycles. The largest absolute Gasteiger partial charge is 0.300 e. The third-order valence-corrected chi connectivity index (χ3v) is 6.48. The van der Waals surface area contributed by atoms with Crippen molar-refractivity contribution in [2.24, 2.45) is 11.8 Å². The SMILES string of the molecule is CCS(=O)(=O)N1CCC(N2C[C@H](C)C[C@@H](C)C2)CC1. The van der Waals surface area contributed by atoms with E-state index in [9.17, 15) is 8.42 Å². The first-order valence-corrected chi connectivity index (χ1v) is 9.25. The average Bonchev–Trinajstić information content (AvgIpc) is 2.38. The Kier molecular flexibility index (Phi) is 4.90. The Morgan fingerprint density at radius 1 is 1.05 bits per heavy atom. The van der Waals surface area contributed by atoms with Crippen LogP contribution in [0.15, 0.2) is 0 Å². The van der Waals surface area contributed by atoms with Gasteiger partial charge in [0.25, 0.3) is 0 Å². The maximum atomic E-state index is 11.9. The van der Waals surface area contributed by atoms with Crippen molar-refractivity contribution < 1.29 is 8.42 Å². The normalized spacial score (nSPS) is 32.6. The van der Waals surface area contributed by atoms with Gasteiger partial charge in [0.05, 0.1) is 5.75 Å². The molecule has 0 unspecified atom stereocenters. The van der Waals surface area contributed by atoms with Crippen molar-refractivity contribution >= 4 is 10.0 Å². The van der Waals surface area contributed by atoms with Crippen molar-refractivity contribution in [1.82, 2.24) is 9.21 Å². The Morgan fingerprint density at radius 3 is 2.05 bits per heavy atom. The predicted molar refractivity (Wildman–Crippen MR) is 78.6 cm³/mol. The van der Waals surface area contributed by atoms with Gasteiger partial charge in [0.2, 0.25) is 10.0 Å². The second-order valence-corrected chi connectivity index (χ2v) is 8.69. The van der Waals surface area contributed by atoms with Gasteiger partial charge in [0, 0.05) is 32.2 Å². The highest BCUT2D eigenvalue weighted by Crippen LogP contribution is 2.27. The van der Waals surface area contributed by atoms with Crippen LogP contribution in [0.5, 0.6) is 0 Å². The summed E-state index contributed by atoms with van der Waals surface area (Å²) in [4.78, 5) is 2.61. The monoisotopic (exact) mass is 288 g/mol. The number of nitrogens with zero attached hydrogens (tertiary/aromatic N) is 2. The molecule has 2 rings (SSSR count). The first-order chi connectivity index (χ1) is 8.92. The van der Waals surface area contributed by atoms with Crippen LogP contribution in [-0.2, 0) is 10.0 Å². The number of hydrogen-bond acceptors (Lipinski definition) is 3. The van der Waals surface area contributed by atoms with Crippen LogP contribution in [0.3, 0.4) is 0 Å². The van der Waals surface area contributed by atoms with Crippen molar-refractivity contribution in [1.29, 1.82) is 0 Å². The van der Waals surface area contributed by atoms with E-state index in [1.807, 2.05) is 0 Å². The molecule has 0 aromatic carbocycles. The summed E-state index contributed by atoms with van der Waals surface area (Å²) in [6.45, 7) is 10.2. The molecule has 4 nitrogen and oxygen atoms in total. The van der Waals surface area contributed by atoms with Gasteiger partial charge < -0.3 is 0 Å². The van der Waals surface area contributed by atoms with Gasteiger partial charge in [0.15, 0.2) is 0 Å². The number of piperidine rings is 2. The molecule has 2 atom stereocenters. The summed E-state index contributed by atoms with van der Waals surface area (Å²) < 4.78 is 25.4. The fourth-order valence-corrected chi connectivity index (χ4v) is 4.81. The van der Waals surface area contributed by atoms with Crippen molar-refractivity contribution in [2.75, 3.05) is 31.9 Å². The smallest absolute Gasteiger partial charge is 0.213 e. The van der Waals surface area contributed by atoms with Gasteiger partial charge in [-0.15, -0.1) is 0 Å². The van der Waals surface area contributed by atoms with E-state index < -0.39 is 10.0 Å². The number of likely N-dealkylation sites (tertiary alicyclic amines) is 1. The van der Waals surface area contributed by atoms with E-state index in [4.69, 9.17) is 0 Å². The third kappa shape index (κ3) is 3.70. The van der Waals surface area contributed by atoms with Gasteiger partial charge in [-0.05, 0) is 38.0 Å². The van der Waals surface area contributed by atoms with Gasteiger partial charge >= 0.3 is 0 Å². The van der Waals surface area contributed by atoms with Crippen LogP contribution >= 0.6 is 0 Å². The van der Waals surface area contributed by atoms with Crippen LogP contribution in [0.25, 0.3) is 0 Å². The van der Waals surface area contributed by atoms with E-state index in [1.165, 1.54) is 19.5 Å². The minimum Gasteiger partial charge on any atom is -0.300 e. The molecule has 0 radical (unpaired) electrons. The summed E-state index contributed by atoms with van der Waals surface area (Å²) in [6, 6.07) is 0.591. The Morgan fingerprint density at radius 2 is 1.58 bits per heavy atom. The summed E-state index contributed by atoms with van der Waals surface area (Å²) >= 11 is 0. The van der Waals surface area contributed by atoms with Crippen LogP contribution in [0, 0.1) is 11.8 Å². The summed E-state index contributed by atoms with van der Waals surface area (Å²) in [5.41, 5.74) is 0. The van der Waals surface area contributed by atoms with E-state index >= 15 is 0 Å². The molecule has 2 aliphatic heterocycles. The van der Waals surface area contributed by atoms with E-state index in [2.05, 4.69) is 18.7 Å². The zero-order valence-electron chi connectivity index (χ0n) is 12.5. The van der Waals surface area contributed by atoms with Gasteiger partial charge in [-0.3, -0.25) is 4.90 Å². The van der Waals surface area contributed by atoms with Crippen LogP contribution in [0.1, 0.15) is 40.0 Å². The highest BCUT2D eigenvalue weighted by molar-refractivity contribution is 7.89. The van der Waals surface area contributed by atoms with Crippen molar-refractivity contribution in [3.8, 4) is 0 Å². The van der Waals surface area contributed by atoms with Crippen LogP contribution < -0.4 is 0 Å². The molecule has 5 heteroatoms. The zero-order chi connectivity index (χ0) is 14.0. The minimum absolute atomic E-state index is 0.232. The molecule has 19 heavy (non-hydrogen) atoms. The molecule has 2 fully saturated rings. The summed E-state index contributed by atoms with van der Waals surface area (Å²) in [7, 11) is -2.98. The maximum absolute atomic E-state index is 11.9. The van der Waals surface area contributed by atoms with Gasteiger partial charge in [-0.25, -0.2) is 12.7 Å². The molecule has 0 aliphatic carbocycles. The van der Waals surface area contributed by atoms with Crippen molar-refractivity contribution in [3.63, 3.8) is 0 Å². The van der Waals surface area contributed by atoms with Gasteiger partial charge in [-0.2, -0.15) is 0 Å². The fourth-order valence-electron chi connectivity index (χ4n) is 3.68. The Labute approximate surface area is 118 Å². The lowest BCUT2D eigenvalue weighted by Gasteiger charge is -2.43. The Hall–Kier alpha value is -0.130. The van der Waals surface area contributed by atoms with Gasteiger partial charge in [0.1, 0.15) is 0 Å². The minimum atomic E-state index is -2.98. The lowest BCUT2D eigenvalue weighted by molar-refractivity contribution is 0.0689. The highest BCUT2D eigenvalue weighted by Gasteiger charge is 2.32. The Bertz CT molecular complexity index is 378. The molecular weight excluding hydrogens is 260 g/mol. The quantitative estimate of drug-likeness (QED) is 0.795. The summed E-state index contributed by atoms with van der Waals surface area (Å²) in [6.07, 6.45) is 3.33. The highest BCUT2D eigenvalue weighted by atomic mass is 32.2. The number of hydrogen-bond donors (Lipinski definition) is 0. The van der Waals surface area contributed by atoms with E-state index in [0.717, 1.165) is 24.7 Å². The van der Waals surface area contributed by atoms with E-state index in [1.54, 1.807) is 11.2 Å². The lowest BCUT2D eigenvalue weighted by atomic mass is 9.89. The molecule has 0 saturated carbocycles. The van der Waals surface area contributed by atoms with Crippen LogP contribution in [0.4, 0.5) is 0 Å². The van der Waals surface area contributed by atoms with Crippen molar-refractivity contribution in [2.45, 2.75) is 46.1 Å². The van der Waals surface area contributed by atoms with E-state index in [-0.39, 0.29) is 5.75 Å². The molecule has 0 N–H and O–H groups in total. The van der Waals surface area contributed by atoms with E-state index in [0.29, 0.717) is 19.1 Å². The van der Waals surface area contributed by atoms with Gasteiger partial charge in [-0.1, -0.05) is 13.8 Å². The topological polar surface area (TPSA) is 40.6 Å². The Balaban J connectivity index is 1.89. The molecule has 2 saturated heterocycles. The third-order valence-electron chi connectivity index (χ3n) is 4.60. The molecular formula is C14H28N2O2S. The first kappa shape index (κ1) is 15.3. The second kappa shape index (κ2) is 6.10. The fraction of sp³-hybridized carbons (Fsp3) is 1.00. The summed E-state index contributed by atoms with van der Waals surface area (Å²) in [5.74, 6) is 1.79. The predicted octanol–water partition coefficient (Wildman–Crippen LogP) is 1.78. The number of sulfonamides is 1. The van der Waals surface area contributed by atoms with Crippen LogP contribution in [-0.4, -0.2) is 55.6 Å². The molecule has 0 bridgehead atoms. The number of rotatable bonds is 3.